The molecule has 1 aromatic heterocycles. The first-order chi connectivity index (χ1) is 8.95. The molecule has 0 amide bonds. The second-order valence-corrected chi connectivity index (χ2v) is 9.91. The molecule has 19 heavy (non-hydrogen) atoms. The Labute approximate surface area is 137 Å². The molecule has 0 radical (unpaired) electrons. The molecular weight excluding hydrogens is 386 g/mol. The smallest absolute Gasteiger partial charge is 0.0758 e. The number of rotatable bonds is 4. The topological polar surface area (TPSA) is 12.0 Å². The Hall–Kier alpha value is 0.620. The zero-order valence-corrected chi connectivity index (χ0v) is 15.9. The van der Waals surface area contributed by atoms with Crippen molar-refractivity contribution in [1.29, 1.82) is 0 Å². The maximum Gasteiger partial charge on any atom is 0.0758 e. The molecule has 0 saturated heterocycles. The van der Waals surface area contributed by atoms with E-state index in [2.05, 4.69) is 64.0 Å². The van der Waals surface area contributed by atoms with Gasteiger partial charge in [0.15, 0.2) is 0 Å². The van der Waals surface area contributed by atoms with E-state index in [4.69, 9.17) is 0 Å². The molecule has 0 spiro atoms. The average Bonchev–Trinajstić information content (AvgIpc) is 2.65. The summed E-state index contributed by atoms with van der Waals surface area (Å²) < 4.78 is 2.48. The first-order valence-electron chi connectivity index (χ1n) is 7.14. The fraction of sp³-hybridized carbons (Fsp3) is 0.733. The lowest BCUT2D eigenvalue weighted by molar-refractivity contribution is 0.0987. The third kappa shape index (κ3) is 3.63. The van der Waals surface area contributed by atoms with E-state index in [0.717, 1.165) is 12.5 Å². The summed E-state index contributed by atoms with van der Waals surface area (Å²) in [5, 5.41) is 3.73. The Morgan fingerprint density at radius 1 is 1.42 bits per heavy atom. The molecular formula is C15H23Br2NS. The van der Waals surface area contributed by atoms with Crippen molar-refractivity contribution in [3.05, 3.63) is 19.2 Å². The minimum atomic E-state index is 0.430. The van der Waals surface area contributed by atoms with Crippen molar-refractivity contribution < 1.29 is 0 Å². The van der Waals surface area contributed by atoms with Gasteiger partial charge in [-0.15, -0.1) is 11.3 Å². The standard InChI is InChI=1S/C15H23Br2NS/c1-4-18-13(10-9-12(16)19-14(10)17)11-7-5-6-8-15(11,2)3/h9,11,13,18H,4-8H2,1-3H3. The van der Waals surface area contributed by atoms with E-state index < -0.39 is 0 Å². The Morgan fingerprint density at radius 3 is 2.68 bits per heavy atom. The average molecular weight is 409 g/mol. The predicted octanol–water partition coefficient (Wildman–Crippen LogP) is 6.14. The molecule has 0 bridgehead atoms. The third-order valence-electron chi connectivity index (χ3n) is 4.43. The molecule has 1 heterocycles. The first-order valence-corrected chi connectivity index (χ1v) is 9.54. The van der Waals surface area contributed by atoms with E-state index in [1.807, 2.05) is 0 Å². The van der Waals surface area contributed by atoms with Gasteiger partial charge in [0.05, 0.1) is 7.57 Å². The van der Waals surface area contributed by atoms with Crippen LogP contribution in [0.5, 0.6) is 0 Å². The second kappa shape index (κ2) is 6.59. The molecule has 1 saturated carbocycles. The normalized spacial score (nSPS) is 24.4. The molecule has 108 valence electrons. The molecule has 2 atom stereocenters. The monoisotopic (exact) mass is 407 g/mol. The van der Waals surface area contributed by atoms with Crippen LogP contribution in [0.15, 0.2) is 13.6 Å². The molecule has 1 aliphatic rings. The van der Waals surface area contributed by atoms with E-state index in [-0.39, 0.29) is 0 Å². The van der Waals surface area contributed by atoms with E-state index >= 15 is 0 Å². The van der Waals surface area contributed by atoms with Gasteiger partial charge in [-0.05, 0) is 74.2 Å². The molecule has 2 rings (SSSR count). The summed E-state index contributed by atoms with van der Waals surface area (Å²) in [6.45, 7) is 8.11. The minimum Gasteiger partial charge on any atom is -0.310 e. The van der Waals surface area contributed by atoms with Gasteiger partial charge < -0.3 is 5.32 Å². The van der Waals surface area contributed by atoms with Crippen LogP contribution >= 0.6 is 43.2 Å². The Kier molecular flexibility index (Phi) is 5.55. The lowest BCUT2D eigenvalue weighted by atomic mass is 9.65. The predicted molar refractivity (Wildman–Crippen MR) is 91.9 cm³/mol. The fourth-order valence-corrected chi connectivity index (χ4v) is 6.32. The zero-order valence-electron chi connectivity index (χ0n) is 11.9. The molecule has 4 heteroatoms. The number of halogens is 2. The van der Waals surface area contributed by atoms with Gasteiger partial charge in [-0.1, -0.05) is 33.6 Å². The van der Waals surface area contributed by atoms with Crippen molar-refractivity contribution >= 4 is 43.2 Å². The van der Waals surface area contributed by atoms with Crippen LogP contribution in [0.1, 0.15) is 58.1 Å². The van der Waals surface area contributed by atoms with Crippen LogP contribution in [-0.2, 0) is 0 Å². The molecule has 1 N–H and O–H groups in total. The number of thiophene rings is 1. The molecule has 1 fully saturated rings. The fourth-order valence-electron chi connectivity index (χ4n) is 3.39. The van der Waals surface area contributed by atoms with Gasteiger partial charge in [0.25, 0.3) is 0 Å². The zero-order chi connectivity index (χ0) is 14.0. The van der Waals surface area contributed by atoms with Gasteiger partial charge in [-0.25, -0.2) is 0 Å². The van der Waals surface area contributed by atoms with Crippen LogP contribution < -0.4 is 5.32 Å². The van der Waals surface area contributed by atoms with Gasteiger partial charge in [0.2, 0.25) is 0 Å². The molecule has 0 aromatic carbocycles. The van der Waals surface area contributed by atoms with Crippen LogP contribution in [0.3, 0.4) is 0 Å². The quantitative estimate of drug-likeness (QED) is 0.630. The maximum absolute atomic E-state index is 3.74. The number of hydrogen-bond donors (Lipinski definition) is 1. The van der Waals surface area contributed by atoms with E-state index in [0.29, 0.717) is 11.5 Å². The highest BCUT2D eigenvalue weighted by molar-refractivity contribution is 9.12. The van der Waals surface area contributed by atoms with Crippen molar-refractivity contribution in [3.63, 3.8) is 0 Å². The van der Waals surface area contributed by atoms with Gasteiger partial charge in [0.1, 0.15) is 0 Å². The van der Waals surface area contributed by atoms with Crippen LogP contribution in [0.25, 0.3) is 0 Å². The van der Waals surface area contributed by atoms with Crippen molar-refractivity contribution in [2.24, 2.45) is 11.3 Å². The van der Waals surface area contributed by atoms with E-state index in [9.17, 15) is 0 Å². The number of hydrogen-bond acceptors (Lipinski definition) is 2. The van der Waals surface area contributed by atoms with Crippen molar-refractivity contribution in [2.45, 2.75) is 52.5 Å². The summed E-state index contributed by atoms with van der Waals surface area (Å²) in [5.41, 5.74) is 1.86. The van der Waals surface area contributed by atoms with Gasteiger partial charge in [-0.3, -0.25) is 0 Å². The summed E-state index contributed by atoms with van der Waals surface area (Å²) in [6.07, 6.45) is 5.45. The highest BCUT2D eigenvalue weighted by Gasteiger charge is 2.38. The number of nitrogens with one attached hydrogen (secondary N) is 1. The van der Waals surface area contributed by atoms with Crippen LogP contribution in [0, 0.1) is 11.3 Å². The summed E-state index contributed by atoms with van der Waals surface area (Å²) in [5.74, 6) is 0.721. The van der Waals surface area contributed by atoms with Gasteiger partial charge in [-0.2, -0.15) is 0 Å². The van der Waals surface area contributed by atoms with Gasteiger partial charge >= 0.3 is 0 Å². The summed E-state index contributed by atoms with van der Waals surface area (Å²) in [7, 11) is 0. The molecule has 1 nitrogen and oxygen atoms in total. The van der Waals surface area contributed by atoms with E-state index in [1.165, 1.54) is 38.8 Å². The first kappa shape index (κ1) is 16.0. The largest absolute Gasteiger partial charge is 0.310 e. The van der Waals surface area contributed by atoms with Crippen molar-refractivity contribution in [1.82, 2.24) is 5.32 Å². The highest BCUT2D eigenvalue weighted by atomic mass is 79.9. The minimum absolute atomic E-state index is 0.430. The Bertz CT molecular complexity index is 428. The Morgan fingerprint density at radius 2 is 2.16 bits per heavy atom. The molecule has 0 aliphatic heterocycles. The Balaban J connectivity index is 2.31. The van der Waals surface area contributed by atoms with Crippen LogP contribution in [0.4, 0.5) is 0 Å². The third-order valence-corrected chi connectivity index (χ3v) is 6.82. The van der Waals surface area contributed by atoms with Crippen LogP contribution in [0.2, 0.25) is 0 Å². The molecule has 2 unspecified atom stereocenters. The highest BCUT2D eigenvalue weighted by Crippen LogP contribution is 2.49. The molecule has 1 aliphatic carbocycles. The lowest BCUT2D eigenvalue weighted by Crippen LogP contribution is -2.39. The lowest BCUT2D eigenvalue weighted by Gasteiger charge is -2.43. The van der Waals surface area contributed by atoms with Crippen LogP contribution in [-0.4, -0.2) is 6.54 Å². The van der Waals surface area contributed by atoms with E-state index in [1.54, 1.807) is 11.3 Å². The van der Waals surface area contributed by atoms with Gasteiger partial charge in [0, 0.05) is 6.04 Å². The summed E-state index contributed by atoms with van der Waals surface area (Å²) in [6, 6.07) is 2.75. The second-order valence-electron chi connectivity index (χ2n) is 6.16. The SMILES string of the molecule is CCNC(c1cc(Br)sc1Br)C1CCCCC1(C)C. The molecule has 1 aromatic rings. The van der Waals surface area contributed by atoms with Crippen molar-refractivity contribution in [2.75, 3.05) is 6.54 Å². The maximum atomic E-state index is 3.74. The summed E-state index contributed by atoms with van der Waals surface area (Å²) in [4.78, 5) is 0. The summed E-state index contributed by atoms with van der Waals surface area (Å²) >= 11 is 9.14. The van der Waals surface area contributed by atoms with Crippen molar-refractivity contribution in [3.8, 4) is 0 Å².